The smallest absolute Gasteiger partial charge is 0.336 e. The number of aromatic nitrogens is 4. The average Bonchev–Trinajstić information content (AvgIpc) is 3.11. The number of rotatable bonds is 6. The number of benzene rings is 1. The quantitative estimate of drug-likeness (QED) is 0.626. The number of carbonyl (C=O) groups excluding carboxylic acids is 1. The highest BCUT2D eigenvalue weighted by molar-refractivity contribution is 6.06. The van der Waals surface area contributed by atoms with Gasteiger partial charge in [-0.05, 0) is 35.1 Å². The molecule has 2 N–H and O–H groups in total. The monoisotopic (exact) mass is 421 g/mol. The van der Waals surface area contributed by atoms with E-state index < -0.39 is 17.3 Å². The van der Waals surface area contributed by atoms with Crippen LogP contribution in [0.1, 0.15) is 71.4 Å². The molecule has 0 radical (unpaired) electrons. The van der Waals surface area contributed by atoms with Crippen LogP contribution in [0, 0.1) is 0 Å². The van der Waals surface area contributed by atoms with Crippen LogP contribution in [0.4, 0.5) is 5.69 Å². The summed E-state index contributed by atoms with van der Waals surface area (Å²) in [6.07, 6.45) is 3.74. The van der Waals surface area contributed by atoms with Gasteiger partial charge >= 0.3 is 5.97 Å². The fourth-order valence-electron chi connectivity index (χ4n) is 3.57. The zero-order chi connectivity index (χ0) is 22.8. The van der Waals surface area contributed by atoms with Gasteiger partial charge in [0.2, 0.25) is 0 Å². The molecule has 0 aliphatic rings. The third kappa shape index (κ3) is 4.96. The van der Waals surface area contributed by atoms with Crippen LogP contribution in [0.15, 0.2) is 42.9 Å². The first kappa shape index (κ1) is 22.1. The molecule has 0 unspecified atom stereocenters. The molecule has 3 aromatic rings. The molecule has 1 atom stereocenters. The molecule has 31 heavy (non-hydrogen) atoms. The Balaban J connectivity index is 1.86. The minimum absolute atomic E-state index is 0.0821. The van der Waals surface area contributed by atoms with Gasteiger partial charge in [-0.15, -0.1) is 10.2 Å². The van der Waals surface area contributed by atoms with Crippen molar-refractivity contribution in [1.82, 2.24) is 19.7 Å². The minimum atomic E-state index is -1.08. The third-order valence-corrected chi connectivity index (χ3v) is 5.15. The summed E-state index contributed by atoms with van der Waals surface area (Å²) in [6, 6.07) is 9.02. The fourth-order valence-corrected chi connectivity index (χ4v) is 3.57. The number of amides is 1. The highest BCUT2D eigenvalue weighted by Gasteiger charge is 2.29. The molecule has 0 spiro atoms. The van der Waals surface area contributed by atoms with Crippen LogP contribution in [-0.4, -0.2) is 36.7 Å². The Kier molecular flexibility index (Phi) is 6.19. The second kappa shape index (κ2) is 8.67. The van der Waals surface area contributed by atoms with Crippen LogP contribution in [0.25, 0.3) is 0 Å². The fraction of sp³-hybridized carbons (Fsp3) is 0.348. The number of carboxylic acids is 1. The maximum atomic E-state index is 13.1. The van der Waals surface area contributed by atoms with Gasteiger partial charge in [0.1, 0.15) is 17.8 Å². The lowest BCUT2D eigenvalue weighted by Gasteiger charge is -2.23. The van der Waals surface area contributed by atoms with Gasteiger partial charge in [0.05, 0.1) is 5.56 Å². The van der Waals surface area contributed by atoms with E-state index in [1.807, 2.05) is 50.6 Å². The lowest BCUT2D eigenvalue weighted by molar-refractivity contribution is 0.0694. The molecule has 1 aromatic carbocycles. The van der Waals surface area contributed by atoms with E-state index in [9.17, 15) is 14.7 Å². The Morgan fingerprint density at radius 2 is 1.97 bits per heavy atom. The largest absolute Gasteiger partial charge is 0.478 e. The van der Waals surface area contributed by atoms with Crippen molar-refractivity contribution < 1.29 is 14.7 Å². The van der Waals surface area contributed by atoms with Crippen molar-refractivity contribution in [2.75, 3.05) is 5.32 Å². The second-order valence-corrected chi connectivity index (χ2v) is 8.68. The van der Waals surface area contributed by atoms with Crippen molar-refractivity contribution in [3.8, 4) is 0 Å². The molecule has 0 saturated heterocycles. The highest BCUT2D eigenvalue weighted by Crippen LogP contribution is 2.29. The molecule has 8 heteroatoms. The van der Waals surface area contributed by atoms with Gasteiger partial charge in [0, 0.05) is 30.9 Å². The number of anilines is 1. The predicted molar refractivity (Wildman–Crippen MR) is 117 cm³/mol. The lowest BCUT2D eigenvalue weighted by atomic mass is 9.82. The minimum Gasteiger partial charge on any atom is -0.478 e. The van der Waals surface area contributed by atoms with Crippen molar-refractivity contribution in [2.24, 2.45) is 7.05 Å². The number of carbonyl (C=O) groups is 2. The van der Waals surface area contributed by atoms with Gasteiger partial charge in [-0.2, -0.15) is 0 Å². The Hall–Kier alpha value is -3.55. The summed E-state index contributed by atoms with van der Waals surface area (Å²) >= 11 is 0. The molecule has 0 fully saturated rings. The van der Waals surface area contributed by atoms with E-state index in [-0.39, 0.29) is 17.2 Å². The van der Waals surface area contributed by atoms with E-state index in [2.05, 4.69) is 27.4 Å². The van der Waals surface area contributed by atoms with Crippen molar-refractivity contribution in [3.63, 3.8) is 0 Å². The first-order valence-corrected chi connectivity index (χ1v) is 10.0. The summed E-state index contributed by atoms with van der Waals surface area (Å²) in [6.45, 7) is 7.68. The van der Waals surface area contributed by atoms with Crippen LogP contribution in [-0.2, 0) is 18.9 Å². The van der Waals surface area contributed by atoms with Crippen LogP contribution >= 0.6 is 0 Å². The van der Waals surface area contributed by atoms with E-state index >= 15 is 0 Å². The summed E-state index contributed by atoms with van der Waals surface area (Å²) in [5.74, 6) is -0.475. The molecule has 1 amide bonds. The number of carboxylic acid groups (broad SMARTS) is 1. The molecule has 2 aromatic heterocycles. The summed E-state index contributed by atoms with van der Waals surface area (Å²) in [4.78, 5) is 29.0. The normalized spacial score (nSPS) is 12.4. The van der Waals surface area contributed by atoms with Gasteiger partial charge in [-0.1, -0.05) is 39.8 Å². The Morgan fingerprint density at radius 1 is 1.23 bits per heavy atom. The molecular formula is C23H27N5O3. The Labute approximate surface area is 181 Å². The summed E-state index contributed by atoms with van der Waals surface area (Å²) in [5.41, 5.74) is 1.70. The number of hydrogen-bond donors (Lipinski definition) is 2. The van der Waals surface area contributed by atoms with Crippen LogP contribution in [0.3, 0.4) is 0 Å². The molecular weight excluding hydrogens is 394 g/mol. The van der Waals surface area contributed by atoms with E-state index in [1.54, 1.807) is 12.4 Å². The SMILES string of the molecule is C[C@H](Cc1nncn1C)c1cccc(NC(=O)c2nccc(C(=O)O)c2C(C)(C)C)c1. The van der Waals surface area contributed by atoms with Gasteiger partial charge in [0.25, 0.3) is 5.91 Å². The van der Waals surface area contributed by atoms with Crippen molar-refractivity contribution in [1.29, 1.82) is 0 Å². The molecule has 8 nitrogen and oxygen atoms in total. The van der Waals surface area contributed by atoms with Crippen LogP contribution < -0.4 is 5.32 Å². The van der Waals surface area contributed by atoms with Crippen molar-refractivity contribution in [3.05, 3.63) is 71.1 Å². The highest BCUT2D eigenvalue weighted by atomic mass is 16.4. The van der Waals surface area contributed by atoms with Crippen molar-refractivity contribution >= 4 is 17.6 Å². The topological polar surface area (TPSA) is 110 Å². The summed E-state index contributed by atoms with van der Waals surface area (Å²) in [7, 11) is 1.91. The lowest BCUT2D eigenvalue weighted by Crippen LogP contribution is -2.25. The predicted octanol–water partition coefficient (Wildman–Crippen LogP) is 3.80. The third-order valence-electron chi connectivity index (χ3n) is 5.15. The maximum absolute atomic E-state index is 13.1. The number of pyridine rings is 1. The molecule has 0 aliphatic heterocycles. The average molecular weight is 422 g/mol. The molecule has 2 heterocycles. The maximum Gasteiger partial charge on any atom is 0.336 e. The van der Waals surface area contributed by atoms with Crippen LogP contribution in [0.2, 0.25) is 0 Å². The second-order valence-electron chi connectivity index (χ2n) is 8.68. The zero-order valence-electron chi connectivity index (χ0n) is 18.4. The Morgan fingerprint density at radius 3 is 2.58 bits per heavy atom. The van der Waals surface area contributed by atoms with Gasteiger partial charge in [0.15, 0.2) is 0 Å². The van der Waals surface area contributed by atoms with E-state index in [1.165, 1.54) is 12.3 Å². The van der Waals surface area contributed by atoms with Gasteiger partial charge < -0.3 is 15.0 Å². The number of nitrogens with one attached hydrogen (secondary N) is 1. The zero-order valence-corrected chi connectivity index (χ0v) is 18.4. The molecule has 0 saturated carbocycles. The van der Waals surface area contributed by atoms with Crippen molar-refractivity contribution in [2.45, 2.75) is 45.4 Å². The summed E-state index contributed by atoms with van der Waals surface area (Å²) < 4.78 is 1.89. The molecule has 0 bridgehead atoms. The molecule has 0 aliphatic carbocycles. The number of hydrogen-bond acceptors (Lipinski definition) is 5. The van der Waals surface area contributed by atoms with E-state index in [4.69, 9.17) is 0 Å². The number of aryl methyl sites for hydroxylation is 1. The molecule has 162 valence electrons. The standard InChI is InChI=1S/C23H27N5O3/c1-14(11-18-27-25-13-28(18)5)15-7-6-8-16(12-15)26-21(29)20-19(23(2,3)4)17(22(30)31)9-10-24-20/h6-10,12-14H,11H2,1-5H3,(H,26,29)(H,30,31)/t14-/m1/s1. The number of nitrogens with zero attached hydrogens (tertiary/aromatic N) is 4. The van der Waals surface area contributed by atoms with Gasteiger partial charge in [-0.3, -0.25) is 9.78 Å². The van der Waals surface area contributed by atoms with E-state index in [0.29, 0.717) is 17.7 Å². The first-order valence-electron chi connectivity index (χ1n) is 10.0. The van der Waals surface area contributed by atoms with Crippen LogP contribution in [0.5, 0.6) is 0 Å². The molecule has 3 rings (SSSR count). The first-order chi connectivity index (χ1) is 14.6. The number of aromatic carboxylic acids is 1. The van der Waals surface area contributed by atoms with Gasteiger partial charge in [-0.25, -0.2) is 4.79 Å². The van der Waals surface area contributed by atoms with E-state index in [0.717, 1.165) is 11.4 Å². The Bertz CT molecular complexity index is 1110. The summed E-state index contributed by atoms with van der Waals surface area (Å²) in [5, 5.41) is 20.5.